The highest BCUT2D eigenvalue weighted by atomic mass is 32.1. The van der Waals surface area contributed by atoms with E-state index in [1.54, 1.807) is 23.9 Å². The number of rotatable bonds is 7. The van der Waals surface area contributed by atoms with Gasteiger partial charge in [0.2, 0.25) is 0 Å². The van der Waals surface area contributed by atoms with Crippen LogP contribution in [0.5, 0.6) is 0 Å². The van der Waals surface area contributed by atoms with E-state index in [0.717, 1.165) is 23.9 Å². The van der Waals surface area contributed by atoms with Crippen molar-refractivity contribution in [1.82, 2.24) is 9.55 Å². The Morgan fingerprint density at radius 1 is 1.26 bits per heavy atom. The summed E-state index contributed by atoms with van der Waals surface area (Å²) in [6, 6.07) is 7.51. The van der Waals surface area contributed by atoms with Crippen LogP contribution in [0.25, 0.3) is 0 Å². The number of aryl methyl sites for hydroxylation is 1. The van der Waals surface area contributed by atoms with Gasteiger partial charge in [0.05, 0.1) is 19.0 Å². The Labute approximate surface area is 137 Å². The molecule has 0 aliphatic rings. The number of benzene rings is 1. The highest BCUT2D eigenvalue weighted by molar-refractivity contribution is 7.10. The van der Waals surface area contributed by atoms with Crippen molar-refractivity contribution in [2.75, 3.05) is 0 Å². The van der Waals surface area contributed by atoms with Gasteiger partial charge in [-0.15, -0.1) is 11.3 Å². The Morgan fingerprint density at radius 3 is 2.87 bits per heavy atom. The van der Waals surface area contributed by atoms with Gasteiger partial charge >= 0.3 is 0 Å². The molecule has 120 valence electrons. The maximum atomic E-state index is 13.7. The van der Waals surface area contributed by atoms with Crippen molar-refractivity contribution >= 4 is 11.3 Å². The first-order valence-electron chi connectivity index (χ1n) is 7.27. The second-order valence-electron chi connectivity index (χ2n) is 5.14. The van der Waals surface area contributed by atoms with Crippen molar-refractivity contribution in [2.24, 2.45) is 0 Å². The number of hydrogen-bond acceptors (Lipinski definition) is 3. The molecule has 3 nitrogen and oxygen atoms in total. The normalized spacial score (nSPS) is 12.4. The largest absolute Gasteiger partial charge is 0.368 e. The lowest BCUT2D eigenvalue weighted by atomic mass is 10.2. The van der Waals surface area contributed by atoms with Gasteiger partial charge in [-0.05, 0) is 23.9 Å². The zero-order chi connectivity index (χ0) is 16.1. The van der Waals surface area contributed by atoms with Crippen molar-refractivity contribution in [3.05, 3.63) is 76.5 Å². The van der Waals surface area contributed by atoms with E-state index in [2.05, 4.69) is 4.98 Å². The van der Waals surface area contributed by atoms with Crippen molar-refractivity contribution in [1.29, 1.82) is 0 Å². The molecule has 0 N–H and O–H groups in total. The van der Waals surface area contributed by atoms with Crippen LogP contribution in [0, 0.1) is 11.6 Å². The number of nitrogens with zero attached hydrogens (tertiary/aromatic N) is 2. The molecule has 1 atom stereocenters. The molecule has 23 heavy (non-hydrogen) atoms. The topological polar surface area (TPSA) is 27.1 Å². The van der Waals surface area contributed by atoms with E-state index in [-0.39, 0.29) is 12.7 Å². The van der Waals surface area contributed by atoms with Gasteiger partial charge in [0.15, 0.2) is 0 Å². The molecule has 2 heterocycles. The van der Waals surface area contributed by atoms with E-state index >= 15 is 0 Å². The van der Waals surface area contributed by atoms with Crippen LogP contribution < -0.4 is 0 Å². The van der Waals surface area contributed by atoms with E-state index in [9.17, 15) is 8.78 Å². The van der Waals surface area contributed by atoms with Gasteiger partial charge < -0.3 is 9.30 Å². The van der Waals surface area contributed by atoms with Crippen LogP contribution in [0.1, 0.15) is 23.0 Å². The molecule has 0 amide bonds. The number of imidazole rings is 1. The molecule has 1 unspecified atom stereocenters. The predicted molar refractivity (Wildman–Crippen MR) is 85.1 cm³/mol. The summed E-state index contributed by atoms with van der Waals surface area (Å²) < 4.78 is 34.6. The number of aromatic nitrogens is 2. The molecule has 2 aromatic heterocycles. The van der Waals surface area contributed by atoms with E-state index in [4.69, 9.17) is 4.74 Å². The quantitative estimate of drug-likeness (QED) is 0.633. The summed E-state index contributed by atoms with van der Waals surface area (Å²) in [5.74, 6) is -1.16. The lowest BCUT2D eigenvalue weighted by molar-refractivity contribution is 0.0318. The number of thiophene rings is 1. The van der Waals surface area contributed by atoms with Crippen LogP contribution >= 0.6 is 11.3 Å². The average molecular weight is 334 g/mol. The number of hydrogen-bond donors (Lipinski definition) is 0. The molecule has 0 aliphatic carbocycles. The summed E-state index contributed by atoms with van der Waals surface area (Å²) in [5.41, 5.74) is 0.357. The summed E-state index contributed by atoms with van der Waals surface area (Å²) in [5, 5.41) is 1.99. The lowest BCUT2D eigenvalue weighted by Gasteiger charge is -2.17. The van der Waals surface area contributed by atoms with E-state index in [1.165, 1.54) is 12.1 Å². The summed E-state index contributed by atoms with van der Waals surface area (Å²) in [6.45, 7) is 0.868. The van der Waals surface area contributed by atoms with Gasteiger partial charge in [-0.1, -0.05) is 12.1 Å². The minimum Gasteiger partial charge on any atom is -0.368 e. The van der Waals surface area contributed by atoms with E-state index in [1.807, 2.05) is 28.3 Å². The molecule has 3 rings (SSSR count). The minimum atomic E-state index is -0.582. The van der Waals surface area contributed by atoms with Crippen molar-refractivity contribution in [3.8, 4) is 0 Å². The van der Waals surface area contributed by atoms with Gasteiger partial charge in [0.25, 0.3) is 0 Å². The Kier molecular flexibility index (Phi) is 5.15. The van der Waals surface area contributed by atoms with Gasteiger partial charge in [0.1, 0.15) is 11.6 Å². The third kappa shape index (κ3) is 4.24. The predicted octanol–water partition coefficient (Wildman–Crippen LogP) is 4.57. The molecule has 3 aromatic rings. The fraction of sp³-hybridized carbons (Fsp3) is 0.235. The Morgan fingerprint density at radius 2 is 2.17 bits per heavy atom. The van der Waals surface area contributed by atoms with Gasteiger partial charge in [-0.25, -0.2) is 13.8 Å². The first-order chi connectivity index (χ1) is 11.2. The Hall–Kier alpha value is -2.05. The molecule has 0 saturated carbocycles. The smallest absolute Gasteiger partial charge is 0.131 e. The summed E-state index contributed by atoms with van der Waals surface area (Å²) in [4.78, 5) is 5.11. The van der Waals surface area contributed by atoms with E-state index < -0.39 is 11.6 Å². The fourth-order valence-corrected chi connectivity index (χ4v) is 3.11. The Bertz CT molecular complexity index is 729. The maximum absolute atomic E-state index is 13.7. The molecule has 0 bridgehead atoms. The molecule has 0 radical (unpaired) electrons. The average Bonchev–Trinajstić information content (AvgIpc) is 3.22. The first-order valence-corrected chi connectivity index (χ1v) is 8.15. The molecule has 6 heteroatoms. The lowest BCUT2D eigenvalue weighted by Crippen LogP contribution is -2.08. The van der Waals surface area contributed by atoms with Gasteiger partial charge in [0, 0.05) is 35.4 Å². The number of ether oxygens (including phenoxy) is 1. The first kappa shape index (κ1) is 15.8. The molecule has 0 spiro atoms. The molecule has 0 saturated heterocycles. The van der Waals surface area contributed by atoms with Crippen LogP contribution in [0.3, 0.4) is 0 Å². The summed E-state index contributed by atoms with van der Waals surface area (Å²) in [6.07, 6.45) is 5.99. The van der Waals surface area contributed by atoms with Crippen LogP contribution in [0.15, 0.2) is 54.4 Å². The highest BCUT2D eigenvalue weighted by Gasteiger charge is 2.15. The molecule has 0 aliphatic heterocycles. The summed E-state index contributed by atoms with van der Waals surface area (Å²) >= 11 is 1.61. The van der Waals surface area contributed by atoms with Gasteiger partial charge in [-0.3, -0.25) is 0 Å². The molecule has 1 aromatic carbocycles. The monoisotopic (exact) mass is 334 g/mol. The van der Waals surface area contributed by atoms with Crippen molar-refractivity contribution in [3.63, 3.8) is 0 Å². The standard InChI is InChI=1S/C17H16F2N2OS/c18-14-4-3-13(15(19)10-14)11-22-16(17-2-1-9-23-17)5-7-21-8-6-20-12-21/h1-4,6,8-10,12,16H,5,7,11H2. The SMILES string of the molecule is Fc1ccc(COC(CCn2ccnc2)c2cccs2)c(F)c1. The molecular weight excluding hydrogens is 318 g/mol. The highest BCUT2D eigenvalue weighted by Crippen LogP contribution is 2.28. The zero-order valence-electron chi connectivity index (χ0n) is 12.4. The second kappa shape index (κ2) is 7.48. The third-order valence-corrected chi connectivity index (χ3v) is 4.49. The van der Waals surface area contributed by atoms with Gasteiger partial charge in [-0.2, -0.15) is 0 Å². The van der Waals surface area contributed by atoms with Crippen molar-refractivity contribution in [2.45, 2.75) is 25.7 Å². The zero-order valence-corrected chi connectivity index (χ0v) is 13.2. The fourth-order valence-electron chi connectivity index (χ4n) is 2.30. The summed E-state index contributed by atoms with van der Waals surface area (Å²) in [7, 11) is 0. The second-order valence-corrected chi connectivity index (χ2v) is 6.12. The van der Waals surface area contributed by atoms with Crippen LogP contribution in [0.2, 0.25) is 0 Å². The Balaban J connectivity index is 1.66. The minimum absolute atomic E-state index is 0.110. The number of halogens is 2. The maximum Gasteiger partial charge on any atom is 0.131 e. The van der Waals surface area contributed by atoms with Crippen molar-refractivity contribution < 1.29 is 13.5 Å². The third-order valence-electron chi connectivity index (χ3n) is 3.52. The van der Waals surface area contributed by atoms with Crippen LogP contribution in [0.4, 0.5) is 8.78 Å². The van der Waals surface area contributed by atoms with E-state index in [0.29, 0.717) is 5.56 Å². The van der Waals surface area contributed by atoms with Crippen LogP contribution in [-0.2, 0) is 17.9 Å². The molecular formula is C17H16F2N2OS. The molecule has 0 fully saturated rings. The van der Waals surface area contributed by atoms with Crippen LogP contribution in [-0.4, -0.2) is 9.55 Å².